The molecule has 8 nitrogen and oxygen atoms in total. The lowest BCUT2D eigenvalue weighted by Crippen LogP contribution is -2.40. The van der Waals surface area contributed by atoms with Crippen LogP contribution in [-0.4, -0.2) is 35.4 Å². The van der Waals surface area contributed by atoms with Crippen LogP contribution in [0.3, 0.4) is 0 Å². The van der Waals surface area contributed by atoms with Crippen molar-refractivity contribution >= 4 is 55.2 Å². The monoisotopic (exact) mass is 699 g/mol. The molecule has 3 heterocycles. The zero-order valence-corrected chi connectivity index (χ0v) is 26.8. The Balaban J connectivity index is 1.73. The van der Waals surface area contributed by atoms with Crippen LogP contribution in [0.2, 0.25) is 0 Å². The molecule has 0 saturated carbocycles. The van der Waals surface area contributed by atoms with Gasteiger partial charge in [0.1, 0.15) is 0 Å². The van der Waals surface area contributed by atoms with Gasteiger partial charge in [-0.05, 0) is 80.9 Å². The lowest BCUT2D eigenvalue weighted by Gasteiger charge is -2.26. The molecule has 5 rings (SSSR count). The summed E-state index contributed by atoms with van der Waals surface area (Å²) in [5.74, 6) is 0.499. The van der Waals surface area contributed by atoms with Crippen LogP contribution in [0.15, 0.2) is 84.7 Å². The average Bonchev–Trinajstić information content (AvgIpc) is 3.53. The second-order valence-electron chi connectivity index (χ2n) is 9.04. The predicted octanol–water partition coefficient (Wildman–Crippen LogP) is 5.52. The highest BCUT2D eigenvalue weighted by Crippen LogP contribution is 2.41. The van der Waals surface area contributed by atoms with Crippen molar-refractivity contribution < 1.29 is 19.0 Å². The minimum absolute atomic E-state index is 0.188. The van der Waals surface area contributed by atoms with Crippen molar-refractivity contribution in [2.75, 3.05) is 20.3 Å². The smallest absolute Gasteiger partial charge is 0.338 e. The van der Waals surface area contributed by atoms with E-state index in [1.54, 1.807) is 37.7 Å². The summed E-state index contributed by atoms with van der Waals surface area (Å²) in [6.07, 6.45) is 3.79. The van der Waals surface area contributed by atoms with Gasteiger partial charge in [-0.15, -0.1) is 0 Å². The first kappa shape index (κ1) is 29.1. The fraction of sp³-hybridized carbons (Fsp3) is 0.233. The summed E-state index contributed by atoms with van der Waals surface area (Å²) < 4.78 is 22.5. The van der Waals surface area contributed by atoms with Crippen molar-refractivity contribution in [1.29, 1.82) is 0 Å². The molecule has 0 spiro atoms. The second-order valence-corrected chi connectivity index (χ2v) is 11.8. The first-order chi connectivity index (χ1) is 19.8. The van der Waals surface area contributed by atoms with Crippen LogP contribution in [0.4, 0.5) is 0 Å². The first-order valence-corrected chi connectivity index (χ1v) is 15.3. The Morgan fingerprint density at radius 3 is 2.54 bits per heavy atom. The molecule has 1 aliphatic heterocycles. The molecule has 2 aromatic carbocycles. The summed E-state index contributed by atoms with van der Waals surface area (Å²) in [5, 5.41) is 0. The van der Waals surface area contributed by atoms with Crippen molar-refractivity contribution in [3.8, 4) is 17.2 Å². The number of carbonyl (C=O) groups excluding carboxylic acids is 1. The van der Waals surface area contributed by atoms with Gasteiger partial charge in [-0.3, -0.25) is 9.36 Å². The first-order valence-electron chi connectivity index (χ1n) is 12.9. The number of rotatable bonds is 8. The maximum atomic E-state index is 14.1. The van der Waals surface area contributed by atoms with Gasteiger partial charge >= 0.3 is 5.97 Å². The molecule has 0 saturated heterocycles. The van der Waals surface area contributed by atoms with Gasteiger partial charge in [0.2, 0.25) is 0 Å². The Hall–Kier alpha value is -3.41. The Kier molecular flexibility index (Phi) is 8.67. The number of benzene rings is 2. The van der Waals surface area contributed by atoms with E-state index in [0.29, 0.717) is 43.2 Å². The molecule has 1 atom stereocenters. The number of carbonyl (C=O) groups is 1. The number of ether oxygens (including phenoxy) is 3. The van der Waals surface area contributed by atoms with Crippen LogP contribution >= 0.6 is 43.2 Å². The fourth-order valence-electron chi connectivity index (χ4n) is 4.76. The summed E-state index contributed by atoms with van der Waals surface area (Å²) in [6, 6.07) is 14.6. The van der Waals surface area contributed by atoms with E-state index in [1.165, 1.54) is 11.3 Å². The minimum atomic E-state index is -0.801. The third-order valence-corrected chi connectivity index (χ3v) is 8.76. The highest BCUT2D eigenvalue weighted by molar-refractivity contribution is 9.10. The molecular formula is C30H27Br2N3O5S. The standard InChI is InChI=1S/C30H27Br2N3O5S/c1-5-39-24-16-22(32)21(15-23(24)38-4)27-26(29(37)40-6-2)17(3)33-30-35(27)28(36)25(41-30)14-20-8-7-13-34(20)19-11-9-18(31)10-12-19/h7-16,27H,5-6H2,1-4H3/b25-14+/t27-/m0/s1. The maximum Gasteiger partial charge on any atom is 0.338 e. The summed E-state index contributed by atoms with van der Waals surface area (Å²) in [4.78, 5) is 32.6. The van der Waals surface area contributed by atoms with Gasteiger partial charge in [0.05, 0.1) is 42.2 Å². The topological polar surface area (TPSA) is 84.1 Å². The number of esters is 1. The van der Waals surface area contributed by atoms with Crippen molar-refractivity contribution in [3.05, 3.63) is 106 Å². The molecular weight excluding hydrogens is 674 g/mol. The Bertz CT molecular complexity index is 1840. The van der Waals surface area contributed by atoms with Crippen molar-refractivity contribution in [1.82, 2.24) is 9.13 Å². The van der Waals surface area contributed by atoms with Crippen LogP contribution in [0.1, 0.15) is 38.1 Å². The van der Waals surface area contributed by atoms with Gasteiger partial charge in [0.25, 0.3) is 5.56 Å². The maximum absolute atomic E-state index is 14.1. The lowest BCUT2D eigenvalue weighted by molar-refractivity contribution is -0.139. The average molecular weight is 701 g/mol. The molecule has 41 heavy (non-hydrogen) atoms. The third-order valence-electron chi connectivity index (χ3n) is 6.56. The Labute approximate surface area is 257 Å². The number of aromatic nitrogens is 2. The normalized spacial score (nSPS) is 15.0. The molecule has 0 amide bonds. The zero-order valence-electron chi connectivity index (χ0n) is 22.8. The Morgan fingerprint density at radius 2 is 1.85 bits per heavy atom. The fourth-order valence-corrected chi connectivity index (χ4v) is 6.59. The number of fused-ring (bicyclic) bond motifs is 1. The Morgan fingerprint density at radius 1 is 1.10 bits per heavy atom. The molecule has 0 unspecified atom stereocenters. The van der Waals surface area contributed by atoms with Gasteiger partial charge in [0, 0.05) is 26.5 Å². The quantitative estimate of drug-likeness (QED) is 0.226. The van der Waals surface area contributed by atoms with E-state index in [2.05, 4.69) is 36.9 Å². The summed E-state index contributed by atoms with van der Waals surface area (Å²) in [5.41, 5.74) is 2.94. The molecule has 0 fully saturated rings. The number of halogens is 2. The highest BCUT2D eigenvalue weighted by atomic mass is 79.9. The number of hydrogen-bond acceptors (Lipinski definition) is 7. The number of allylic oxidation sites excluding steroid dienone is 1. The van der Waals surface area contributed by atoms with Crippen LogP contribution in [0, 0.1) is 0 Å². The summed E-state index contributed by atoms with van der Waals surface area (Å²) in [6.45, 7) is 6.03. The minimum Gasteiger partial charge on any atom is -0.493 e. The second kappa shape index (κ2) is 12.2. The number of nitrogens with zero attached hydrogens (tertiary/aromatic N) is 3. The van der Waals surface area contributed by atoms with Gasteiger partial charge in [-0.25, -0.2) is 9.79 Å². The third kappa shape index (κ3) is 5.58. The van der Waals surface area contributed by atoms with E-state index in [-0.39, 0.29) is 17.7 Å². The molecule has 0 aliphatic carbocycles. The molecule has 2 aromatic heterocycles. The number of hydrogen-bond donors (Lipinski definition) is 0. The van der Waals surface area contributed by atoms with Gasteiger partial charge < -0.3 is 18.8 Å². The molecule has 1 aliphatic rings. The van der Waals surface area contributed by atoms with Gasteiger partial charge in [-0.1, -0.05) is 43.2 Å². The van der Waals surface area contributed by atoms with Crippen LogP contribution < -0.4 is 24.4 Å². The van der Waals surface area contributed by atoms with Crippen LogP contribution in [0.25, 0.3) is 11.8 Å². The number of methoxy groups -OCH3 is 1. The molecule has 0 radical (unpaired) electrons. The van der Waals surface area contributed by atoms with Gasteiger partial charge in [-0.2, -0.15) is 0 Å². The zero-order chi connectivity index (χ0) is 29.3. The molecule has 212 valence electrons. The summed E-state index contributed by atoms with van der Waals surface area (Å²) in [7, 11) is 1.55. The van der Waals surface area contributed by atoms with E-state index in [9.17, 15) is 9.59 Å². The lowest BCUT2D eigenvalue weighted by atomic mass is 9.95. The summed E-state index contributed by atoms with van der Waals surface area (Å²) >= 11 is 8.41. The van der Waals surface area contributed by atoms with E-state index in [1.807, 2.05) is 60.2 Å². The van der Waals surface area contributed by atoms with Gasteiger partial charge in [0.15, 0.2) is 16.3 Å². The van der Waals surface area contributed by atoms with Crippen molar-refractivity contribution in [2.45, 2.75) is 26.8 Å². The van der Waals surface area contributed by atoms with Crippen molar-refractivity contribution in [3.63, 3.8) is 0 Å². The molecule has 0 bridgehead atoms. The molecule has 11 heteroatoms. The van der Waals surface area contributed by atoms with E-state index in [0.717, 1.165) is 15.9 Å². The van der Waals surface area contributed by atoms with E-state index in [4.69, 9.17) is 14.2 Å². The molecule has 0 N–H and O–H groups in total. The molecule has 4 aromatic rings. The van der Waals surface area contributed by atoms with Crippen molar-refractivity contribution in [2.24, 2.45) is 4.99 Å². The number of thiazole rings is 1. The predicted molar refractivity (Wildman–Crippen MR) is 166 cm³/mol. The SMILES string of the molecule is CCOC(=O)C1=C(C)N=c2s/c(=C/c3cccn3-c3ccc(Br)cc3)c(=O)n2[C@H]1c1cc(OC)c(OCC)cc1Br. The largest absolute Gasteiger partial charge is 0.493 e. The van der Waals surface area contributed by atoms with Crippen LogP contribution in [-0.2, 0) is 9.53 Å². The van der Waals surface area contributed by atoms with E-state index >= 15 is 0 Å². The highest BCUT2D eigenvalue weighted by Gasteiger charge is 2.35. The van der Waals surface area contributed by atoms with Crippen LogP contribution in [0.5, 0.6) is 11.5 Å². The van der Waals surface area contributed by atoms with E-state index < -0.39 is 12.0 Å².